The van der Waals surface area contributed by atoms with Crippen LogP contribution in [0.3, 0.4) is 0 Å². The normalized spacial score (nSPS) is 17.0. The number of ether oxygens (including phenoxy) is 1. The number of methoxy groups -OCH3 is 1. The molecule has 6 aromatic rings. The molecule has 43 heavy (non-hydrogen) atoms. The number of rotatable bonds is 5. The third-order valence-corrected chi connectivity index (χ3v) is 8.36. The summed E-state index contributed by atoms with van der Waals surface area (Å²) in [4.78, 5) is 38.2. The summed E-state index contributed by atoms with van der Waals surface area (Å²) in [5.74, 6) is 0.233. The van der Waals surface area contributed by atoms with Crippen LogP contribution in [0, 0.1) is 0 Å². The van der Waals surface area contributed by atoms with E-state index in [4.69, 9.17) is 20.4 Å². The third kappa shape index (κ3) is 4.30. The van der Waals surface area contributed by atoms with Crippen LogP contribution in [0.4, 0.5) is 10.6 Å². The van der Waals surface area contributed by atoms with E-state index >= 15 is 0 Å². The highest BCUT2D eigenvalue weighted by molar-refractivity contribution is 6.16. The SMILES string of the molecule is COC(=O)N[C@@H]1CC[C@@H](n2c(=O)[nH]c(N)c3cnc4nc(-c5cnn(C)c5)c(-c5ccc6c(cnn6C(C)C)c5)c4c32)C1. The van der Waals surface area contributed by atoms with Gasteiger partial charge >= 0.3 is 11.8 Å². The fourth-order valence-corrected chi connectivity index (χ4v) is 6.43. The van der Waals surface area contributed by atoms with E-state index in [0.717, 1.165) is 33.0 Å². The average Bonchev–Trinajstić information content (AvgIpc) is 3.77. The number of fused-ring (bicyclic) bond motifs is 4. The van der Waals surface area contributed by atoms with Gasteiger partial charge in [-0.1, -0.05) is 6.07 Å². The summed E-state index contributed by atoms with van der Waals surface area (Å²) >= 11 is 0. The average molecular weight is 581 g/mol. The second-order valence-corrected chi connectivity index (χ2v) is 11.4. The van der Waals surface area contributed by atoms with E-state index in [1.165, 1.54) is 7.11 Å². The molecule has 2 atom stereocenters. The number of benzene rings is 1. The zero-order chi connectivity index (χ0) is 30.0. The standard InChI is InChI=1S/C30H32N10O3/c1-15(2)40-22-8-5-16(9-17(22)11-34-40)23-24-26-21(13-32-28(24)36-25(23)18-12-33-38(3)14-18)27(31)37-29(41)39(26)20-7-6-19(10-20)35-30(42)43-4/h5,8-9,11-15,19-20H,6-7,10,31H2,1-4H3,(H,35,42)(H,37,41)/t19-,20-/m1/s1. The maximum Gasteiger partial charge on any atom is 0.407 e. The second kappa shape index (κ2) is 9.96. The molecule has 1 aromatic carbocycles. The highest BCUT2D eigenvalue weighted by atomic mass is 16.5. The Morgan fingerprint density at radius 1 is 1.16 bits per heavy atom. The predicted molar refractivity (Wildman–Crippen MR) is 164 cm³/mol. The molecule has 1 aliphatic carbocycles. The molecule has 0 aliphatic heterocycles. The van der Waals surface area contributed by atoms with Crippen molar-refractivity contribution in [2.24, 2.45) is 7.05 Å². The number of aromatic nitrogens is 8. The fraction of sp³-hybridized carbons (Fsp3) is 0.333. The highest BCUT2D eigenvalue weighted by Crippen LogP contribution is 2.43. The van der Waals surface area contributed by atoms with Gasteiger partial charge in [-0.15, -0.1) is 0 Å². The maximum atomic E-state index is 13.7. The minimum atomic E-state index is -0.488. The minimum absolute atomic E-state index is 0.127. The van der Waals surface area contributed by atoms with Gasteiger partial charge in [0.2, 0.25) is 0 Å². The number of aryl methyl sites for hydroxylation is 1. The number of hydrogen-bond acceptors (Lipinski definition) is 8. The number of hydrogen-bond donors (Lipinski definition) is 3. The Morgan fingerprint density at radius 3 is 2.74 bits per heavy atom. The van der Waals surface area contributed by atoms with Gasteiger partial charge in [-0.2, -0.15) is 10.2 Å². The molecule has 13 nitrogen and oxygen atoms in total. The number of nitrogens with two attached hydrogens (primary N) is 1. The predicted octanol–water partition coefficient (Wildman–Crippen LogP) is 4.30. The smallest absolute Gasteiger partial charge is 0.407 e. The number of nitrogen functional groups attached to an aromatic ring is 1. The molecule has 0 saturated heterocycles. The van der Waals surface area contributed by atoms with Crippen LogP contribution >= 0.6 is 0 Å². The number of pyridine rings is 1. The van der Waals surface area contributed by atoms with Crippen molar-refractivity contribution in [3.05, 3.63) is 53.5 Å². The summed E-state index contributed by atoms with van der Waals surface area (Å²) in [7, 11) is 3.20. The first-order valence-corrected chi connectivity index (χ1v) is 14.3. The van der Waals surface area contributed by atoms with Gasteiger partial charge < -0.3 is 15.8 Å². The molecule has 5 heterocycles. The molecule has 4 N–H and O–H groups in total. The van der Waals surface area contributed by atoms with Gasteiger partial charge in [0.25, 0.3) is 0 Å². The Bertz CT molecular complexity index is 2100. The van der Waals surface area contributed by atoms with Crippen molar-refractivity contribution >= 4 is 44.8 Å². The molecule has 220 valence electrons. The molecule has 1 saturated carbocycles. The van der Waals surface area contributed by atoms with E-state index < -0.39 is 6.09 Å². The Hall–Kier alpha value is -5.20. The van der Waals surface area contributed by atoms with E-state index in [0.29, 0.717) is 41.5 Å². The molecule has 1 fully saturated rings. The zero-order valence-corrected chi connectivity index (χ0v) is 24.3. The van der Waals surface area contributed by atoms with Crippen molar-refractivity contribution in [3.63, 3.8) is 0 Å². The number of alkyl carbamates (subject to hydrolysis) is 1. The number of carbonyl (C=O) groups is 1. The molecule has 5 aromatic heterocycles. The minimum Gasteiger partial charge on any atom is -0.453 e. The summed E-state index contributed by atoms with van der Waals surface area (Å²) in [6.07, 6.45) is 8.68. The number of amides is 1. The van der Waals surface area contributed by atoms with E-state index in [9.17, 15) is 9.59 Å². The van der Waals surface area contributed by atoms with Crippen LogP contribution in [0.25, 0.3) is 55.2 Å². The van der Waals surface area contributed by atoms with Gasteiger partial charge in [-0.3, -0.25) is 18.9 Å². The van der Waals surface area contributed by atoms with Crippen LogP contribution in [-0.4, -0.2) is 58.3 Å². The second-order valence-electron chi connectivity index (χ2n) is 11.4. The molecular weight excluding hydrogens is 548 g/mol. The van der Waals surface area contributed by atoms with Crippen LogP contribution in [-0.2, 0) is 11.8 Å². The molecule has 1 amide bonds. The van der Waals surface area contributed by atoms with Crippen molar-refractivity contribution in [3.8, 4) is 22.4 Å². The van der Waals surface area contributed by atoms with Crippen molar-refractivity contribution < 1.29 is 9.53 Å². The molecule has 0 spiro atoms. The van der Waals surface area contributed by atoms with E-state index in [1.807, 2.05) is 24.1 Å². The first kappa shape index (κ1) is 26.7. The van der Waals surface area contributed by atoms with Crippen LogP contribution < -0.4 is 16.7 Å². The molecule has 1 aliphatic rings. The van der Waals surface area contributed by atoms with Gasteiger partial charge in [0.05, 0.1) is 47.0 Å². The van der Waals surface area contributed by atoms with Gasteiger partial charge in [-0.05, 0) is 50.8 Å². The first-order valence-electron chi connectivity index (χ1n) is 14.3. The molecule has 0 bridgehead atoms. The van der Waals surface area contributed by atoms with Gasteiger partial charge in [0.15, 0.2) is 5.65 Å². The van der Waals surface area contributed by atoms with Crippen molar-refractivity contribution in [2.45, 2.75) is 51.2 Å². The lowest BCUT2D eigenvalue weighted by molar-refractivity contribution is 0.166. The monoisotopic (exact) mass is 580 g/mol. The summed E-state index contributed by atoms with van der Waals surface area (Å²) in [6, 6.07) is 6.11. The fourth-order valence-electron chi connectivity index (χ4n) is 6.43. The molecule has 7 rings (SSSR count). The maximum absolute atomic E-state index is 13.7. The van der Waals surface area contributed by atoms with E-state index in [-0.39, 0.29) is 29.6 Å². The number of nitrogens with one attached hydrogen (secondary N) is 2. The van der Waals surface area contributed by atoms with Gasteiger partial charge in [0, 0.05) is 54.1 Å². The van der Waals surface area contributed by atoms with Crippen molar-refractivity contribution in [1.29, 1.82) is 0 Å². The van der Waals surface area contributed by atoms with Crippen LogP contribution in [0.2, 0.25) is 0 Å². The number of nitrogens with zero attached hydrogens (tertiary/aromatic N) is 7. The zero-order valence-electron chi connectivity index (χ0n) is 24.3. The number of carbonyl (C=O) groups excluding carboxylic acids is 1. The van der Waals surface area contributed by atoms with Crippen LogP contribution in [0.1, 0.15) is 45.2 Å². The molecule has 0 radical (unpaired) electrons. The lowest BCUT2D eigenvalue weighted by Gasteiger charge is -2.19. The van der Waals surface area contributed by atoms with Crippen LogP contribution in [0.15, 0.2) is 47.8 Å². The third-order valence-electron chi connectivity index (χ3n) is 8.36. The first-order chi connectivity index (χ1) is 20.7. The van der Waals surface area contributed by atoms with E-state index in [1.54, 1.807) is 21.6 Å². The molecule has 0 unspecified atom stereocenters. The van der Waals surface area contributed by atoms with Gasteiger partial charge in [0.1, 0.15) is 5.82 Å². The summed E-state index contributed by atoms with van der Waals surface area (Å²) in [6.45, 7) is 4.20. The van der Waals surface area contributed by atoms with Crippen molar-refractivity contribution in [1.82, 2.24) is 44.4 Å². The summed E-state index contributed by atoms with van der Waals surface area (Å²) in [5, 5.41) is 14.2. The lowest BCUT2D eigenvalue weighted by Crippen LogP contribution is -2.34. The number of anilines is 1. The van der Waals surface area contributed by atoms with Gasteiger partial charge in [-0.25, -0.2) is 19.6 Å². The van der Waals surface area contributed by atoms with Crippen molar-refractivity contribution in [2.75, 3.05) is 12.8 Å². The Morgan fingerprint density at radius 2 is 2.00 bits per heavy atom. The molecule has 13 heteroatoms. The Kier molecular flexibility index (Phi) is 6.18. The van der Waals surface area contributed by atoms with E-state index in [2.05, 4.69) is 52.5 Å². The lowest BCUT2D eigenvalue weighted by atomic mass is 9.97. The molecular formula is C30H32N10O3. The largest absolute Gasteiger partial charge is 0.453 e. The highest BCUT2D eigenvalue weighted by Gasteiger charge is 2.31. The Balaban J connectivity index is 1.52. The number of aromatic amines is 1. The summed E-state index contributed by atoms with van der Waals surface area (Å²) in [5.41, 5.74) is 11.6. The quantitative estimate of drug-likeness (QED) is 0.272. The topological polar surface area (TPSA) is 164 Å². The number of H-pyrrole nitrogens is 1. The Labute approximate surface area is 245 Å². The van der Waals surface area contributed by atoms with Crippen LogP contribution in [0.5, 0.6) is 0 Å². The summed E-state index contributed by atoms with van der Waals surface area (Å²) < 4.78 is 10.3.